The van der Waals surface area contributed by atoms with E-state index in [1.807, 2.05) is 50.2 Å². The second-order valence-electron chi connectivity index (χ2n) is 6.00. The quantitative estimate of drug-likeness (QED) is 0.718. The predicted molar refractivity (Wildman–Crippen MR) is 95.2 cm³/mol. The molecule has 0 atom stereocenters. The Kier molecular flexibility index (Phi) is 4.88. The minimum absolute atomic E-state index is 0.0393. The normalized spacial score (nSPS) is 10.7. The van der Waals surface area contributed by atoms with Crippen molar-refractivity contribution in [3.63, 3.8) is 0 Å². The van der Waals surface area contributed by atoms with E-state index in [-0.39, 0.29) is 5.91 Å². The molecule has 3 aromatic rings. The molecule has 3 rings (SSSR count). The Hall–Kier alpha value is -3.02. The van der Waals surface area contributed by atoms with Crippen LogP contribution in [0.25, 0.3) is 5.82 Å². The first-order valence-electron chi connectivity index (χ1n) is 8.16. The highest BCUT2D eigenvalue weighted by molar-refractivity contribution is 5.79. The van der Waals surface area contributed by atoms with E-state index in [2.05, 4.69) is 15.1 Å². The zero-order valence-corrected chi connectivity index (χ0v) is 14.7. The first-order chi connectivity index (χ1) is 12.1. The number of pyridine rings is 2. The summed E-state index contributed by atoms with van der Waals surface area (Å²) in [5.74, 6) is 0.793. The summed E-state index contributed by atoms with van der Waals surface area (Å²) in [7, 11) is 1.80. The Morgan fingerprint density at radius 1 is 1.08 bits per heavy atom. The Balaban J connectivity index is 1.76. The van der Waals surface area contributed by atoms with E-state index in [9.17, 15) is 4.79 Å². The average molecular weight is 335 g/mol. The Morgan fingerprint density at radius 3 is 2.44 bits per heavy atom. The second kappa shape index (κ2) is 7.25. The fourth-order valence-corrected chi connectivity index (χ4v) is 2.74. The third-order valence-electron chi connectivity index (χ3n) is 4.19. The molecule has 25 heavy (non-hydrogen) atoms. The van der Waals surface area contributed by atoms with Crippen molar-refractivity contribution in [2.45, 2.75) is 26.8 Å². The van der Waals surface area contributed by atoms with Gasteiger partial charge in [-0.2, -0.15) is 5.10 Å². The highest BCUT2D eigenvalue weighted by atomic mass is 16.2. The number of rotatable bonds is 5. The topological polar surface area (TPSA) is 63.9 Å². The zero-order chi connectivity index (χ0) is 17.8. The number of likely N-dealkylation sites (N-methyl/N-ethyl adjacent to an activating group) is 1. The van der Waals surface area contributed by atoms with Crippen LogP contribution in [0.1, 0.15) is 22.6 Å². The van der Waals surface area contributed by atoms with Crippen LogP contribution in [0.15, 0.2) is 48.8 Å². The van der Waals surface area contributed by atoms with Crippen molar-refractivity contribution in [2.24, 2.45) is 0 Å². The molecule has 0 aromatic carbocycles. The minimum atomic E-state index is 0.0393. The summed E-state index contributed by atoms with van der Waals surface area (Å²) in [5, 5.41) is 4.55. The zero-order valence-electron chi connectivity index (χ0n) is 14.7. The van der Waals surface area contributed by atoms with E-state index in [0.29, 0.717) is 13.0 Å². The minimum Gasteiger partial charge on any atom is -0.340 e. The Bertz CT molecular complexity index is 858. The molecule has 0 aliphatic rings. The van der Waals surface area contributed by atoms with Gasteiger partial charge in [-0.25, -0.2) is 9.67 Å². The van der Waals surface area contributed by atoms with Gasteiger partial charge in [0.2, 0.25) is 5.91 Å². The number of nitrogens with zero attached hydrogens (tertiary/aromatic N) is 5. The van der Waals surface area contributed by atoms with Gasteiger partial charge in [0.05, 0.1) is 24.4 Å². The lowest BCUT2D eigenvalue weighted by atomic mass is 10.1. The molecular weight excluding hydrogens is 314 g/mol. The van der Waals surface area contributed by atoms with Crippen molar-refractivity contribution in [1.82, 2.24) is 24.6 Å². The van der Waals surface area contributed by atoms with E-state index in [4.69, 9.17) is 0 Å². The van der Waals surface area contributed by atoms with Crippen LogP contribution in [0, 0.1) is 13.8 Å². The molecule has 6 heteroatoms. The molecule has 0 bridgehead atoms. The van der Waals surface area contributed by atoms with Gasteiger partial charge in [0.25, 0.3) is 0 Å². The standard InChI is InChI=1S/C19H21N5O/c1-14-17(15(2)24(22-14)18-9-5-7-11-21-18)12-19(25)23(3)13-16-8-4-6-10-20-16/h4-11H,12-13H2,1-3H3. The number of aromatic nitrogens is 4. The lowest BCUT2D eigenvalue weighted by Gasteiger charge is -2.17. The number of carbonyl (C=O) groups excluding carboxylic acids is 1. The number of hydrogen-bond acceptors (Lipinski definition) is 4. The highest BCUT2D eigenvalue weighted by Gasteiger charge is 2.18. The van der Waals surface area contributed by atoms with Gasteiger partial charge in [-0.3, -0.25) is 9.78 Å². The van der Waals surface area contributed by atoms with Crippen LogP contribution in [0.4, 0.5) is 0 Å². The molecule has 1 amide bonds. The summed E-state index contributed by atoms with van der Waals surface area (Å²) >= 11 is 0. The number of carbonyl (C=O) groups is 1. The van der Waals surface area contributed by atoms with Gasteiger partial charge in [0.1, 0.15) is 0 Å². The smallest absolute Gasteiger partial charge is 0.227 e. The molecule has 0 aliphatic carbocycles. The number of hydrogen-bond donors (Lipinski definition) is 0. The first kappa shape index (κ1) is 16.8. The van der Waals surface area contributed by atoms with Crippen LogP contribution in [0.3, 0.4) is 0 Å². The molecule has 0 saturated carbocycles. The Labute approximate surface area is 147 Å². The van der Waals surface area contributed by atoms with Gasteiger partial charge in [-0.15, -0.1) is 0 Å². The van der Waals surface area contributed by atoms with E-state index >= 15 is 0 Å². The SMILES string of the molecule is Cc1nn(-c2ccccn2)c(C)c1CC(=O)N(C)Cc1ccccn1. The molecule has 0 spiro atoms. The van der Waals surface area contributed by atoms with Crippen molar-refractivity contribution in [1.29, 1.82) is 0 Å². The molecule has 3 heterocycles. The molecule has 0 unspecified atom stereocenters. The number of amides is 1. The lowest BCUT2D eigenvalue weighted by Crippen LogP contribution is -2.28. The van der Waals surface area contributed by atoms with Gasteiger partial charge in [0.15, 0.2) is 5.82 Å². The summed E-state index contributed by atoms with van der Waals surface area (Å²) in [4.78, 5) is 22.9. The molecule has 3 aromatic heterocycles. The first-order valence-corrected chi connectivity index (χ1v) is 8.16. The molecule has 0 N–H and O–H groups in total. The largest absolute Gasteiger partial charge is 0.340 e. The van der Waals surface area contributed by atoms with Crippen LogP contribution < -0.4 is 0 Å². The van der Waals surface area contributed by atoms with Crippen LogP contribution in [-0.4, -0.2) is 37.6 Å². The summed E-state index contributed by atoms with van der Waals surface area (Å²) in [6.07, 6.45) is 3.78. The molecular formula is C19H21N5O. The number of aryl methyl sites for hydroxylation is 1. The fraction of sp³-hybridized carbons (Fsp3) is 0.263. The second-order valence-corrected chi connectivity index (χ2v) is 6.00. The van der Waals surface area contributed by atoms with Crippen molar-refractivity contribution in [3.8, 4) is 5.82 Å². The van der Waals surface area contributed by atoms with E-state index < -0.39 is 0 Å². The lowest BCUT2D eigenvalue weighted by molar-refractivity contribution is -0.129. The van der Waals surface area contributed by atoms with Crippen molar-refractivity contribution in [3.05, 3.63) is 71.4 Å². The molecule has 6 nitrogen and oxygen atoms in total. The maximum absolute atomic E-state index is 12.6. The van der Waals surface area contributed by atoms with Crippen LogP contribution in [0.5, 0.6) is 0 Å². The van der Waals surface area contributed by atoms with Gasteiger partial charge in [0, 0.05) is 30.7 Å². The average Bonchev–Trinajstić information content (AvgIpc) is 2.91. The van der Waals surface area contributed by atoms with Crippen LogP contribution >= 0.6 is 0 Å². The maximum atomic E-state index is 12.6. The molecule has 0 saturated heterocycles. The van der Waals surface area contributed by atoms with Gasteiger partial charge < -0.3 is 4.90 Å². The molecule has 128 valence electrons. The summed E-state index contributed by atoms with van der Waals surface area (Å²) in [6.45, 7) is 4.38. The summed E-state index contributed by atoms with van der Waals surface area (Å²) < 4.78 is 1.79. The van der Waals surface area contributed by atoms with Crippen LogP contribution in [0.2, 0.25) is 0 Å². The predicted octanol–water partition coefficient (Wildman–Crippen LogP) is 2.48. The third-order valence-corrected chi connectivity index (χ3v) is 4.19. The van der Waals surface area contributed by atoms with Gasteiger partial charge >= 0.3 is 0 Å². The van der Waals surface area contributed by atoms with E-state index in [0.717, 1.165) is 28.5 Å². The summed E-state index contributed by atoms with van der Waals surface area (Å²) in [6, 6.07) is 11.4. The Morgan fingerprint density at radius 2 is 1.80 bits per heavy atom. The van der Waals surface area contributed by atoms with E-state index in [1.165, 1.54) is 0 Å². The molecule has 0 fully saturated rings. The third kappa shape index (κ3) is 3.74. The van der Waals surface area contributed by atoms with Gasteiger partial charge in [-0.1, -0.05) is 12.1 Å². The van der Waals surface area contributed by atoms with Crippen molar-refractivity contribution in [2.75, 3.05) is 7.05 Å². The highest BCUT2D eigenvalue weighted by Crippen LogP contribution is 2.18. The molecule has 0 radical (unpaired) electrons. The maximum Gasteiger partial charge on any atom is 0.227 e. The van der Waals surface area contributed by atoms with E-state index in [1.54, 1.807) is 29.0 Å². The molecule has 0 aliphatic heterocycles. The van der Waals surface area contributed by atoms with Crippen LogP contribution in [-0.2, 0) is 17.8 Å². The van der Waals surface area contributed by atoms with Crippen molar-refractivity contribution < 1.29 is 4.79 Å². The fourth-order valence-electron chi connectivity index (χ4n) is 2.74. The summed E-state index contributed by atoms with van der Waals surface area (Å²) in [5.41, 5.74) is 3.61. The van der Waals surface area contributed by atoms with Gasteiger partial charge in [-0.05, 0) is 38.1 Å². The van der Waals surface area contributed by atoms with Crippen molar-refractivity contribution >= 4 is 5.91 Å². The monoisotopic (exact) mass is 335 g/mol.